The molecule has 0 aliphatic carbocycles. The molecule has 0 aliphatic rings. The molecule has 0 aromatic carbocycles. The molecule has 80 valence electrons. The molecule has 1 N–H and O–H groups in total. The highest BCUT2D eigenvalue weighted by Gasteiger charge is 2.05. The van der Waals surface area contributed by atoms with Crippen molar-refractivity contribution in [2.45, 2.75) is 26.1 Å². The van der Waals surface area contributed by atoms with Crippen LogP contribution in [-0.2, 0) is 4.74 Å². The Morgan fingerprint density at radius 3 is 2.50 bits per heavy atom. The maximum absolute atomic E-state index is 10.6. The third kappa shape index (κ3) is 9.06. The molecule has 0 saturated carbocycles. The second-order valence-corrected chi connectivity index (χ2v) is 9.11. The molecular formula is C10H19NO2Si. The van der Waals surface area contributed by atoms with E-state index in [1.54, 1.807) is 6.20 Å². The molecule has 3 nitrogen and oxygen atoms in total. The lowest BCUT2D eigenvalue weighted by Crippen LogP contribution is -2.16. The molecule has 0 aromatic heterocycles. The van der Waals surface area contributed by atoms with E-state index in [0.717, 1.165) is 6.42 Å². The van der Waals surface area contributed by atoms with E-state index in [2.05, 4.69) is 41.5 Å². The Labute approximate surface area is 86.9 Å². The van der Waals surface area contributed by atoms with Crippen molar-refractivity contribution in [3.8, 4) is 0 Å². The molecule has 0 aromatic rings. The first-order valence-electron chi connectivity index (χ1n) is 4.63. The zero-order valence-electron chi connectivity index (χ0n) is 9.33. The van der Waals surface area contributed by atoms with Crippen molar-refractivity contribution >= 4 is 14.2 Å². The highest BCUT2D eigenvalue weighted by atomic mass is 28.3. The molecule has 0 unspecified atom stereocenters. The SMILES string of the molecule is COC(=O)N/C=C\C/C=C/[Si](C)(C)C. The van der Waals surface area contributed by atoms with Gasteiger partial charge in [0.15, 0.2) is 0 Å². The summed E-state index contributed by atoms with van der Waals surface area (Å²) < 4.78 is 4.40. The summed E-state index contributed by atoms with van der Waals surface area (Å²) >= 11 is 0. The maximum atomic E-state index is 10.6. The fourth-order valence-corrected chi connectivity index (χ4v) is 1.60. The molecular weight excluding hydrogens is 194 g/mol. The van der Waals surface area contributed by atoms with Gasteiger partial charge >= 0.3 is 6.09 Å². The molecule has 0 saturated heterocycles. The smallest absolute Gasteiger partial charge is 0.410 e. The minimum absolute atomic E-state index is 0.435. The first-order chi connectivity index (χ1) is 6.45. The minimum Gasteiger partial charge on any atom is -0.453 e. The number of methoxy groups -OCH3 is 1. The fourth-order valence-electron chi connectivity index (χ4n) is 0.754. The lowest BCUT2D eigenvalue weighted by atomic mass is 10.4. The average Bonchev–Trinajstić information content (AvgIpc) is 2.08. The zero-order valence-corrected chi connectivity index (χ0v) is 10.3. The number of rotatable bonds is 4. The standard InChI is InChI=1S/C10H19NO2Si/c1-13-10(12)11-8-6-5-7-9-14(2,3)4/h6-9H,5H2,1-4H3,(H,11,12)/b8-6-,9-7+. The summed E-state index contributed by atoms with van der Waals surface area (Å²) in [5.41, 5.74) is 2.27. The molecule has 14 heavy (non-hydrogen) atoms. The Morgan fingerprint density at radius 2 is 2.00 bits per heavy atom. The number of carbonyl (C=O) groups excluding carboxylic acids is 1. The summed E-state index contributed by atoms with van der Waals surface area (Å²) in [4.78, 5) is 10.6. The summed E-state index contributed by atoms with van der Waals surface area (Å²) in [6, 6.07) is 0. The van der Waals surface area contributed by atoms with Crippen molar-refractivity contribution in [3.05, 3.63) is 24.1 Å². The number of allylic oxidation sites excluding steroid dienone is 2. The molecule has 0 radical (unpaired) electrons. The van der Waals surface area contributed by atoms with Gasteiger partial charge in [-0.05, 0) is 6.42 Å². The van der Waals surface area contributed by atoms with Gasteiger partial charge in [-0.1, -0.05) is 37.5 Å². The van der Waals surface area contributed by atoms with E-state index < -0.39 is 14.2 Å². The van der Waals surface area contributed by atoms with Gasteiger partial charge in [-0.25, -0.2) is 4.79 Å². The lowest BCUT2D eigenvalue weighted by molar-refractivity contribution is 0.175. The van der Waals surface area contributed by atoms with Gasteiger partial charge in [-0.15, -0.1) is 0 Å². The van der Waals surface area contributed by atoms with Crippen LogP contribution in [0.3, 0.4) is 0 Å². The highest BCUT2D eigenvalue weighted by molar-refractivity contribution is 6.80. The Kier molecular flexibility index (Phi) is 5.95. The Bertz CT molecular complexity index is 229. The van der Waals surface area contributed by atoms with Crippen molar-refractivity contribution < 1.29 is 9.53 Å². The van der Waals surface area contributed by atoms with Crippen molar-refractivity contribution in [2.24, 2.45) is 0 Å². The maximum Gasteiger partial charge on any atom is 0.410 e. The Morgan fingerprint density at radius 1 is 1.36 bits per heavy atom. The summed E-state index contributed by atoms with van der Waals surface area (Å²) in [6.07, 6.45) is 6.01. The van der Waals surface area contributed by atoms with Crippen LogP contribution in [0.25, 0.3) is 0 Å². The minimum atomic E-state index is -1.07. The number of hydrogen-bond acceptors (Lipinski definition) is 2. The van der Waals surface area contributed by atoms with Crippen LogP contribution in [0.4, 0.5) is 4.79 Å². The molecule has 0 aliphatic heterocycles. The summed E-state index contributed by atoms with van der Waals surface area (Å²) in [5.74, 6) is 0. The van der Waals surface area contributed by atoms with E-state index in [1.807, 2.05) is 6.08 Å². The van der Waals surface area contributed by atoms with E-state index in [9.17, 15) is 4.79 Å². The molecule has 0 spiro atoms. The van der Waals surface area contributed by atoms with Gasteiger partial charge in [0.1, 0.15) is 0 Å². The van der Waals surface area contributed by atoms with E-state index in [4.69, 9.17) is 0 Å². The van der Waals surface area contributed by atoms with Gasteiger partial charge in [-0.2, -0.15) is 0 Å². The quantitative estimate of drug-likeness (QED) is 0.729. The van der Waals surface area contributed by atoms with Crippen LogP contribution >= 0.6 is 0 Å². The molecule has 4 heteroatoms. The van der Waals surface area contributed by atoms with Crippen molar-refractivity contribution in [1.29, 1.82) is 0 Å². The summed E-state index contributed by atoms with van der Waals surface area (Å²) in [7, 11) is 0.269. The van der Waals surface area contributed by atoms with Gasteiger partial charge in [0.05, 0.1) is 15.2 Å². The van der Waals surface area contributed by atoms with E-state index >= 15 is 0 Å². The number of hydrogen-bond donors (Lipinski definition) is 1. The topological polar surface area (TPSA) is 38.3 Å². The molecule has 0 fully saturated rings. The van der Waals surface area contributed by atoms with Gasteiger partial charge in [-0.3, -0.25) is 5.32 Å². The number of carbonyl (C=O) groups is 1. The van der Waals surface area contributed by atoms with Crippen LogP contribution < -0.4 is 5.32 Å². The number of amides is 1. The van der Waals surface area contributed by atoms with Crippen LogP contribution in [0.1, 0.15) is 6.42 Å². The predicted octanol–water partition coefficient (Wildman–Crippen LogP) is 2.68. The fraction of sp³-hybridized carbons (Fsp3) is 0.500. The molecule has 1 amide bonds. The number of alkyl carbamates (subject to hydrolysis) is 1. The monoisotopic (exact) mass is 213 g/mol. The third-order valence-corrected chi connectivity index (χ3v) is 2.63. The van der Waals surface area contributed by atoms with Crippen molar-refractivity contribution in [3.63, 3.8) is 0 Å². The predicted molar refractivity (Wildman–Crippen MR) is 61.8 cm³/mol. The highest BCUT2D eigenvalue weighted by Crippen LogP contribution is 2.02. The van der Waals surface area contributed by atoms with E-state index in [0.29, 0.717) is 0 Å². The number of ether oxygens (including phenoxy) is 1. The largest absolute Gasteiger partial charge is 0.453 e. The van der Waals surface area contributed by atoms with Gasteiger partial charge in [0.2, 0.25) is 0 Å². The van der Waals surface area contributed by atoms with Gasteiger partial charge in [0.25, 0.3) is 0 Å². The van der Waals surface area contributed by atoms with Crippen LogP contribution in [0.5, 0.6) is 0 Å². The van der Waals surface area contributed by atoms with Crippen LogP contribution in [-0.4, -0.2) is 21.3 Å². The average molecular weight is 213 g/mol. The van der Waals surface area contributed by atoms with E-state index in [1.165, 1.54) is 7.11 Å². The number of nitrogens with one attached hydrogen (secondary N) is 1. The Balaban J connectivity index is 3.64. The van der Waals surface area contributed by atoms with Crippen LogP contribution in [0, 0.1) is 0 Å². The molecule has 0 bridgehead atoms. The van der Waals surface area contributed by atoms with Crippen LogP contribution in [0.15, 0.2) is 24.1 Å². The summed E-state index contributed by atoms with van der Waals surface area (Å²) in [6.45, 7) is 6.83. The summed E-state index contributed by atoms with van der Waals surface area (Å²) in [5, 5.41) is 2.47. The zero-order chi connectivity index (χ0) is 11.0. The van der Waals surface area contributed by atoms with Crippen molar-refractivity contribution in [1.82, 2.24) is 5.32 Å². The van der Waals surface area contributed by atoms with Gasteiger partial charge < -0.3 is 4.74 Å². The first kappa shape index (κ1) is 13.0. The van der Waals surface area contributed by atoms with Crippen LogP contribution in [0.2, 0.25) is 19.6 Å². The van der Waals surface area contributed by atoms with Crippen molar-refractivity contribution in [2.75, 3.05) is 7.11 Å². The molecule has 0 atom stereocenters. The lowest BCUT2D eigenvalue weighted by Gasteiger charge is -2.07. The first-order valence-corrected chi connectivity index (χ1v) is 8.20. The molecule has 0 heterocycles. The molecule has 0 rings (SSSR count). The Hall–Kier alpha value is -1.03. The second-order valence-electron chi connectivity index (χ2n) is 4.04. The van der Waals surface area contributed by atoms with E-state index in [-0.39, 0.29) is 0 Å². The van der Waals surface area contributed by atoms with Gasteiger partial charge in [0, 0.05) is 6.20 Å². The third-order valence-electron chi connectivity index (χ3n) is 1.39. The normalized spacial score (nSPS) is 12.3. The second kappa shape index (κ2) is 6.43.